The summed E-state index contributed by atoms with van der Waals surface area (Å²) in [4.78, 5) is 15.5. The predicted molar refractivity (Wildman–Crippen MR) is 94.3 cm³/mol. The van der Waals surface area contributed by atoms with Crippen LogP contribution in [0.4, 0.5) is 0 Å². The molecule has 1 unspecified atom stereocenters. The summed E-state index contributed by atoms with van der Waals surface area (Å²) in [6.07, 6.45) is 0.740. The van der Waals surface area contributed by atoms with E-state index in [-0.39, 0.29) is 17.0 Å². The lowest BCUT2D eigenvalue weighted by atomic mass is 10.1. The summed E-state index contributed by atoms with van der Waals surface area (Å²) in [5.74, 6) is 1.34. The van der Waals surface area contributed by atoms with Crippen LogP contribution in [0.15, 0.2) is 29.6 Å². The number of nitrogens with zero attached hydrogens (tertiary/aromatic N) is 1. The molecule has 3 rings (SSSR count). The van der Waals surface area contributed by atoms with Crippen molar-refractivity contribution in [2.45, 2.75) is 18.7 Å². The number of amides is 1. The molecule has 2 heterocycles. The molecule has 23 heavy (non-hydrogen) atoms. The van der Waals surface area contributed by atoms with E-state index in [0.717, 1.165) is 12.0 Å². The molecule has 1 fully saturated rings. The maximum atomic E-state index is 12.2. The molecule has 0 radical (unpaired) electrons. The number of carbonyl (C=O) groups is 1. The SMILES string of the molecule is COc1cc(CCN2C(=O)CSC2c2sccc2C)ccc1O. The second kappa shape index (κ2) is 6.84. The summed E-state index contributed by atoms with van der Waals surface area (Å²) >= 11 is 3.41. The Morgan fingerprint density at radius 3 is 2.91 bits per heavy atom. The molecular formula is C17H19NO3S2. The van der Waals surface area contributed by atoms with Gasteiger partial charge in [0.25, 0.3) is 0 Å². The zero-order chi connectivity index (χ0) is 16.4. The maximum absolute atomic E-state index is 12.2. The van der Waals surface area contributed by atoms with Crippen molar-refractivity contribution in [1.82, 2.24) is 4.90 Å². The van der Waals surface area contributed by atoms with Crippen molar-refractivity contribution >= 4 is 29.0 Å². The molecule has 1 aliphatic heterocycles. The first-order chi connectivity index (χ1) is 11.1. The lowest BCUT2D eigenvalue weighted by Crippen LogP contribution is -2.30. The Hall–Kier alpha value is -1.66. The minimum atomic E-state index is 0.126. The van der Waals surface area contributed by atoms with Crippen LogP contribution in [0.5, 0.6) is 11.5 Å². The van der Waals surface area contributed by atoms with Gasteiger partial charge < -0.3 is 14.7 Å². The van der Waals surface area contributed by atoms with Gasteiger partial charge in [-0.2, -0.15) is 0 Å². The average Bonchev–Trinajstić information content (AvgIpc) is 3.12. The fourth-order valence-corrected chi connectivity index (χ4v) is 5.17. The highest BCUT2D eigenvalue weighted by atomic mass is 32.2. The zero-order valence-corrected chi connectivity index (χ0v) is 14.7. The van der Waals surface area contributed by atoms with Crippen molar-refractivity contribution in [3.8, 4) is 11.5 Å². The van der Waals surface area contributed by atoms with Crippen molar-refractivity contribution < 1.29 is 14.6 Å². The van der Waals surface area contributed by atoms with Crippen LogP contribution in [-0.2, 0) is 11.2 Å². The van der Waals surface area contributed by atoms with Crippen LogP contribution in [0.2, 0.25) is 0 Å². The molecule has 1 saturated heterocycles. The molecule has 1 amide bonds. The molecule has 6 heteroatoms. The van der Waals surface area contributed by atoms with Crippen LogP contribution in [0.3, 0.4) is 0 Å². The van der Waals surface area contributed by atoms with E-state index in [0.29, 0.717) is 18.0 Å². The van der Waals surface area contributed by atoms with E-state index < -0.39 is 0 Å². The number of carbonyl (C=O) groups excluding carboxylic acids is 1. The quantitative estimate of drug-likeness (QED) is 0.896. The molecule has 1 aliphatic rings. The summed E-state index contributed by atoms with van der Waals surface area (Å²) in [5.41, 5.74) is 2.30. The van der Waals surface area contributed by atoms with E-state index in [1.165, 1.54) is 17.6 Å². The number of hydrogen-bond donors (Lipinski definition) is 1. The molecular weight excluding hydrogens is 330 g/mol. The summed E-state index contributed by atoms with van der Waals surface area (Å²) < 4.78 is 5.14. The van der Waals surface area contributed by atoms with Crippen LogP contribution in [-0.4, -0.2) is 35.3 Å². The number of phenolic OH excluding ortho intramolecular Hbond substituents is 1. The highest BCUT2D eigenvalue weighted by Crippen LogP contribution is 2.42. The number of thiophene rings is 1. The smallest absolute Gasteiger partial charge is 0.233 e. The van der Waals surface area contributed by atoms with Crippen LogP contribution >= 0.6 is 23.1 Å². The Balaban J connectivity index is 1.73. The van der Waals surface area contributed by atoms with Gasteiger partial charge in [-0.3, -0.25) is 4.79 Å². The number of aromatic hydroxyl groups is 1. The summed E-state index contributed by atoms with van der Waals surface area (Å²) in [7, 11) is 1.54. The van der Waals surface area contributed by atoms with Crippen LogP contribution in [0.1, 0.15) is 21.4 Å². The largest absolute Gasteiger partial charge is 0.504 e. The number of aryl methyl sites for hydroxylation is 1. The Kier molecular flexibility index (Phi) is 4.82. The van der Waals surface area contributed by atoms with Crippen LogP contribution < -0.4 is 4.74 Å². The zero-order valence-electron chi connectivity index (χ0n) is 13.1. The van der Waals surface area contributed by atoms with Gasteiger partial charge in [0, 0.05) is 11.4 Å². The standard InChI is InChI=1S/C17H19NO3S2/c1-11-6-8-22-16(11)17-18(15(20)10-23-17)7-5-12-3-4-13(19)14(9-12)21-2/h3-4,6,8-9,17,19H,5,7,10H2,1-2H3. The molecule has 1 atom stereocenters. The normalized spacial score (nSPS) is 17.7. The molecule has 4 nitrogen and oxygen atoms in total. The monoisotopic (exact) mass is 349 g/mol. The number of ether oxygens (including phenoxy) is 1. The Morgan fingerprint density at radius 2 is 2.22 bits per heavy atom. The minimum absolute atomic E-state index is 0.126. The van der Waals surface area contributed by atoms with Crippen molar-refractivity contribution in [3.63, 3.8) is 0 Å². The van der Waals surface area contributed by atoms with Gasteiger partial charge in [0.2, 0.25) is 5.91 Å². The molecule has 1 N–H and O–H groups in total. The molecule has 0 bridgehead atoms. The van der Waals surface area contributed by atoms with E-state index in [4.69, 9.17) is 4.74 Å². The predicted octanol–water partition coefficient (Wildman–Crippen LogP) is 3.59. The molecule has 0 aliphatic carbocycles. The van der Waals surface area contributed by atoms with E-state index >= 15 is 0 Å². The average molecular weight is 349 g/mol. The fourth-order valence-electron chi connectivity index (χ4n) is 2.68. The maximum Gasteiger partial charge on any atom is 0.233 e. The second-order valence-electron chi connectivity index (χ2n) is 5.47. The fraction of sp³-hybridized carbons (Fsp3) is 0.353. The number of phenols is 1. The lowest BCUT2D eigenvalue weighted by Gasteiger charge is -2.24. The summed E-state index contributed by atoms with van der Waals surface area (Å²) in [6, 6.07) is 7.44. The van der Waals surface area contributed by atoms with E-state index in [1.54, 1.807) is 29.2 Å². The number of methoxy groups -OCH3 is 1. The lowest BCUT2D eigenvalue weighted by molar-refractivity contribution is -0.127. The molecule has 1 aromatic carbocycles. The Bertz CT molecular complexity index is 714. The second-order valence-corrected chi connectivity index (χ2v) is 7.49. The first-order valence-electron chi connectivity index (χ1n) is 7.41. The van der Waals surface area contributed by atoms with Gasteiger partial charge in [-0.1, -0.05) is 6.07 Å². The number of rotatable bonds is 5. The highest BCUT2D eigenvalue weighted by Gasteiger charge is 2.33. The number of thioether (sulfide) groups is 1. The van der Waals surface area contributed by atoms with Gasteiger partial charge in [0.05, 0.1) is 12.9 Å². The Morgan fingerprint density at radius 1 is 1.39 bits per heavy atom. The first kappa shape index (κ1) is 16.2. The summed E-state index contributed by atoms with van der Waals surface area (Å²) in [6.45, 7) is 2.76. The van der Waals surface area contributed by atoms with Gasteiger partial charge in [-0.15, -0.1) is 23.1 Å². The van der Waals surface area contributed by atoms with E-state index in [9.17, 15) is 9.90 Å². The summed E-state index contributed by atoms with van der Waals surface area (Å²) in [5, 5.41) is 11.9. The number of benzene rings is 1. The van der Waals surface area contributed by atoms with Crippen molar-refractivity contribution in [2.24, 2.45) is 0 Å². The van der Waals surface area contributed by atoms with Crippen molar-refractivity contribution in [1.29, 1.82) is 0 Å². The van der Waals surface area contributed by atoms with E-state index in [1.807, 2.05) is 17.0 Å². The molecule has 122 valence electrons. The van der Waals surface area contributed by atoms with Gasteiger partial charge in [-0.25, -0.2) is 0 Å². The van der Waals surface area contributed by atoms with Gasteiger partial charge in [-0.05, 0) is 48.1 Å². The molecule has 0 spiro atoms. The van der Waals surface area contributed by atoms with Crippen molar-refractivity contribution in [2.75, 3.05) is 19.4 Å². The van der Waals surface area contributed by atoms with Crippen LogP contribution in [0.25, 0.3) is 0 Å². The third-order valence-electron chi connectivity index (χ3n) is 3.98. The third kappa shape index (κ3) is 3.33. The van der Waals surface area contributed by atoms with Crippen molar-refractivity contribution in [3.05, 3.63) is 45.6 Å². The van der Waals surface area contributed by atoms with Crippen LogP contribution in [0, 0.1) is 6.92 Å². The topological polar surface area (TPSA) is 49.8 Å². The highest BCUT2D eigenvalue weighted by molar-refractivity contribution is 8.00. The van der Waals surface area contributed by atoms with Gasteiger partial charge in [0.15, 0.2) is 11.5 Å². The molecule has 2 aromatic rings. The Labute approximate surface area is 144 Å². The van der Waals surface area contributed by atoms with E-state index in [2.05, 4.69) is 18.4 Å². The van der Waals surface area contributed by atoms with Gasteiger partial charge >= 0.3 is 0 Å². The molecule has 0 saturated carbocycles. The van der Waals surface area contributed by atoms with Gasteiger partial charge in [0.1, 0.15) is 5.37 Å². The third-order valence-corrected chi connectivity index (χ3v) is 6.42. The molecule has 1 aromatic heterocycles. The minimum Gasteiger partial charge on any atom is -0.504 e. The number of hydrogen-bond acceptors (Lipinski definition) is 5. The first-order valence-corrected chi connectivity index (χ1v) is 9.34.